The van der Waals surface area contributed by atoms with Crippen molar-refractivity contribution in [3.05, 3.63) is 0 Å². The van der Waals surface area contributed by atoms with Crippen molar-refractivity contribution >= 4 is 5.91 Å². The quantitative estimate of drug-likeness (QED) is 0.627. The molecule has 4 heteroatoms. The predicted molar refractivity (Wildman–Crippen MR) is 50.4 cm³/mol. The van der Waals surface area contributed by atoms with Gasteiger partial charge in [-0.25, -0.2) is 0 Å². The van der Waals surface area contributed by atoms with Gasteiger partial charge in [-0.15, -0.1) is 0 Å². The zero-order chi connectivity index (χ0) is 9.68. The number of nitrogens with zero attached hydrogens (tertiary/aromatic N) is 1. The third-order valence-electron chi connectivity index (χ3n) is 2.38. The Labute approximate surface area is 78.9 Å². The number of nitrogens with one attached hydrogen (secondary N) is 1. The minimum atomic E-state index is -0.00700. The molecule has 1 aliphatic heterocycles. The van der Waals surface area contributed by atoms with Gasteiger partial charge in [-0.05, 0) is 12.8 Å². The molecule has 0 aromatic carbocycles. The Kier molecular flexibility index (Phi) is 4.18. The topological polar surface area (TPSA) is 52.6 Å². The van der Waals surface area contributed by atoms with Crippen molar-refractivity contribution in [2.24, 2.45) is 0 Å². The highest BCUT2D eigenvalue weighted by Gasteiger charge is 2.25. The molecule has 0 aromatic rings. The molecule has 1 unspecified atom stereocenters. The molecule has 1 atom stereocenters. The lowest BCUT2D eigenvalue weighted by atomic mass is 10.1. The van der Waals surface area contributed by atoms with Crippen molar-refractivity contribution in [3.63, 3.8) is 0 Å². The van der Waals surface area contributed by atoms with Gasteiger partial charge in [0.15, 0.2) is 0 Å². The second-order valence-electron chi connectivity index (χ2n) is 3.32. The van der Waals surface area contributed by atoms with Crippen LogP contribution >= 0.6 is 0 Å². The Morgan fingerprint density at radius 1 is 1.69 bits per heavy atom. The van der Waals surface area contributed by atoms with Crippen LogP contribution in [0.15, 0.2) is 0 Å². The van der Waals surface area contributed by atoms with E-state index in [0.717, 1.165) is 19.5 Å². The van der Waals surface area contributed by atoms with E-state index in [4.69, 9.17) is 5.11 Å². The van der Waals surface area contributed by atoms with Gasteiger partial charge < -0.3 is 15.3 Å². The maximum atomic E-state index is 11.6. The summed E-state index contributed by atoms with van der Waals surface area (Å²) in [7, 11) is 0. The van der Waals surface area contributed by atoms with Crippen molar-refractivity contribution in [3.8, 4) is 0 Å². The number of aliphatic hydroxyl groups is 1. The number of carbonyl (C=O) groups is 1. The number of hydrogen-bond donors (Lipinski definition) is 2. The molecule has 4 nitrogen and oxygen atoms in total. The fourth-order valence-electron chi connectivity index (χ4n) is 1.59. The standard InChI is InChI=1S/C9H18N2O2/c1-2-8-9(13)11(5-3-7-12)6-4-10-8/h8,10,12H,2-7H2,1H3. The van der Waals surface area contributed by atoms with Gasteiger partial charge in [0.25, 0.3) is 0 Å². The summed E-state index contributed by atoms with van der Waals surface area (Å²) >= 11 is 0. The Bertz CT molecular complexity index is 173. The highest BCUT2D eigenvalue weighted by molar-refractivity contribution is 5.82. The molecule has 1 aliphatic rings. The lowest BCUT2D eigenvalue weighted by molar-refractivity contribution is -0.135. The monoisotopic (exact) mass is 186 g/mol. The molecular formula is C9H18N2O2. The molecule has 0 aromatic heterocycles. The average molecular weight is 186 g/mol. The second kappa shape index (κ2) is 5.19. The molecule has 0 bridgehead atoms. The Morgan fingerprint density at radius 2 is 2.46 bits per heavy atom. The van der Waals surface area contributed by atoms with Crippen LogP contribution in [0.2, 0.25) is 0 Å². The maximum absolute atomic E-state index is 11.6. The molecule has 1 fully saturated rings. The van der Waals surface area contributed by atoms with Crippen LogP contribution in [0.5, 0.6) is 0 Å². The SMILES string of the molecule is CCC1NCCN(CCCO)C1=O. The molecule has 2 N–H and O–H groups in total. The van der Waals surface area contributed by atoms with Crippen LogP contribution in [-0.2, 0) is 4.79 Å². The van der Waals surface area contributed by atoms with E-state index < -0.39 is 0 Å². The smallest absolute Gasteiger partial charge is 0.239 e. The van der Waals surface area contributed by atoms with Gasteiger partial charge in [0.05, 0.1) is 6.04 Å². The zero-order valence-corrected chi connectivity index (χ0v) is 8.12. The summed E-state index contributed by atoms with van der Waals surface area (Å²) in [5.74, 6) is 0.183. The first-order chi connectivity index (χ1) is 6.29. The van der Waals surface area contributed by atoms with Crippen LogP contribution in [-0.4, -0.2) is 48.2 Å². The predicted octanol–water partition coefficient (Wildman–Crippen LogP) is -0.421. The molecule has 1 heterocycles. The van der Waals surface area contributed by atoms with E-state index in [1.54, 1.807) is 0 Å². The summed E-state index contributed by atoms with van der Waals surface area (Å²) in [5, 5.41) is 11.8. The van der Waals surface area contributed by atoms with Crippen molar-refractivity contribution in [2.75, 3.05) is 26.2 Å². The summed E-state index contributed by atoms with van der Waals surface area (Å²) in [6.45, 7) is 4.50. The van der Waals surface area contributed by atoms with E-state index in [9.17, 15) is 4.79 Å². The molecule has 13 heavy (non-hydrogen) atoms. The summed E-state index contributed by atoms with van der Waals surface area (Å²) in [6.07, 6.45) is 1.52. The summed E-state index contributed by atoms with van der Waals surface area (Å²) in [6, 6.07) is -0.00700. The summed E-state index contributed by atoms with van der Waals surface area (Å²) in [5.41, 5.74) is 0. The fourth-order valence-corrected chi connectivity index (χ4v) is 1.59. The number of piperazine rings is 1. The first-order valence-corrected chi connectivity index (χ1v) is 4.92. The number of carbonyl (C=O) groups excluding carboxylic acids is 1. The summed E-state index contributed by atoms with van der Waals surface area (Å²) in [4.78, 5) is 13.5. The van der Waals surface area contributed by atoms with Gasteiger partial charge in [0.2, 0.25) is 5.91 Å². The zero-order valence-electron chi connectivity index (χ0n) is 8.12. The van der Waals surface area contributed by atoms with Crippen molar-refractivity contribution in [1.29, 1.82) is 0 Å². The Morgan fingerprint density at radius 3 is 3.08 bits per heavy atom. The Hall–Kier alpha value is -0.610. The van der Waals surface area contributed by atoms with Crippen LogP contribution in [0.3, 0.4) is 0 Å². The van der Waals surface area contributed by atoms with Gasteiger partial charge in [0, 0.05) is 26.2 Å². The van der Waals surface area contributed by atoms with Crippen LogP contribution in [0.4, 0.5) is 0 Å². The number of hydrogen-bond acceptors (Lipinski definition) is 3. The third-order valence-corrected chi connectivity index (χ3v) is 2.38. The molecule has 0 radical (unpaired) electrons. The molecule has 0 saturated carbocycles. The molecule has 1 amide bonds. The van der Waals surface area contributed by atoms with Gasteiger partial charge in [-0.1, -0.05) is 6.92 Å². The van der Waals surface area contributed by atoms with E-state index in [0.29, 0.717) is 13.0 Å². The Balaban J connectivity index is 2.40. The second-order valence-corrected chi connectivity index (χ2v) is 3.32. The van der Waals surface area contributed by atoms with E-state index in [1.807, 2.05) is 11.8 Å². The third kappa shape index (κ3) is 2.67. The van der Waals surface area contributed by atoms with Crippen LogP contribution < -0.4 is 5.32 Å². The van der Waals surface area contributed by atoms with Gasteiger partial charge >= 0.3 is 0 Å². The van der Waals surface area contributed by atoms with Crippen molar-refractivity contribution in [1.82, 2.24) is 10.2 Å². The lowest BCUT2D eigenvalue weighted by Crippen LogP contribution is -2.54. The normalized spacial score (nSPS) is 23.7. The van der Waals surface area contributed by atoms with Gasteiger partial charge in [0.1, 0.15) is 0 Å². The van der Waals surface area contributed by atoms with E-state index in [-0.39, 0.29) is 18.6 Å². The van der Waals surface area contributed by atoms with E-state index in [1.165, 1.54) is 0 Å². The highest BCUT2D eigenvalue weighted by atomic mass is 16.3. The molecule has 76 valence electrons. The van der Waals surface area contributed by atoms with Crippen LogP contribution in [0, 0.1) is 0 Å². The van der Waals surface area contributed by atoms with Crippen LogP contribution in [0.25, 0.3) is 0 Å². The van der Waals surface area contributed by atoms with Crippen molar-refractivity contribution < 1.29 is 9.90 Å². The van der Waals surface area contributed by atoms with Gasteiger partial charge in [-0.2, -0.15) is 0 Å². The number of aliphatic hydroxyl groups excluding tert-OH is 1. The first kappa shape index (κ1) is 10.5. The molecule has 1 rings (SSSR count). The maximum Gasteiger partial charge on any atom is 0.239 e. The number of rotatable bonds is 4. The first-order valence-electron chi connectivity index (χ1n) is 4.92. The molecule has 0 aliphatic carbocycles. The van der Waals surface area contributed by atoms with Crippen LogP contribution in [0.1, 0.15) is 19.8 Å². The molecule has 0 spiro atoms. The largest absolute Gasteiger partial charge is 0.396 e. The average Bonchev–Trinajstić information content (AvgIpc) is 2.16. The van der Waals surface area contributed by atoms with Crippen molar-refractivity contribution in [2.45, 2.75) is 25.8 Å². The minimum absolute atomic E-state index is 0.00700. The molecular weight excluding hydrogens is 168 g/mol. The lowest BCUT2D eigenvalue weighted by Gasteiger charge is -2.32. The minimum Gasteiger partial charge on any atom is -0.396 e. The number of amides is 1. The highest BCUT2D eigenvalue weighted by Crippen LogP contribution is 2.04. The summed E-state index contributed by atoms with van der Waals surface area (Å²) < 4.78 is 0. The van der Waals surface area contributed by atoms with Gasteiger partial charge in [-0.3, -0.25) is 4.79 Å². The fraction of sp³-hybridized carbons (Fsp3) is 0.889. The molecule has 1 saturated heterocycles. The van der Waals surface area contributed by atoms with E-state index >= 15 is 0 Å². The van der Waals surface area contributed by atoms with E-state index in [2.05, 4.69) is 5.32 Å².